The summed E-state index contributed by atoms with van der Waals surface area (Å²) >= 11 is 6.37. The topological polar surface area (TPSA) is 86.6 Å². The molecule has 3 heterocycles. The summed E-state index contributed by atoms with van der Waals surface area (Å²) in [6, 6.07) is 8.73. The van der Waals surface area contributed by atoms with Crippen LogP contribution in [0, 0.1) is 0 Å². The van der Waals surface area contributed by atoms with E-state index in [0.29, 0.717) is 28.5 Å². The molecule has 2 aromatic carbocycles. The van der Waals surface area contributed by atoms with Crippen molar-refractivity contribution in [3.8, 4) is 17.2 Å². The summed E-state index contributed by atoms with van der Waals surface area (Å²) in [6.07, 6.45) is -4.94. The molecule has 2 aliphatic rings. The Morgan fingerprint density at radius 3 is 2.65 bits per heavy atom. The quantitative estimate of drug-likeness (QED) is 0.519. The van der Waals surface area contributed by atoms with Gasteiger partial charge in [0.05, 0.1) is 13.2 Å². The van der Waals surface area contributed by atoms with Crippen LogP contribution in [0.15, 0.2) is 42.5 Å². The van der Waals surface area contributed by atoms with Gasteiger partial charge in [-0.3, -0.25) is 4.79 Å². The van der Waals surface area contributed by atoms with E-state index in [0.717, 1.165) is 4.68 Å². The van der Waals surface area contributed by atoms with E-state index >= 15 is 0 Å². The number of ether oxygens (including phenoxy) is 3. The van der Waals surface area contributed by atoms with Crippen LogP contribution in [-0.2, 0) is 0 Å². The van der Waals surface area contributed by atoms with Gasteiger partial charge in [0, 0.05) is 18.2 Å². The Morgan fingerprint density at radius 1 is 1.21 bits per heavy atom. The number of methoxy groups -OCH3 is 1. The normalized spacial score (nSPS) is 18.7. The summed E-state index contributed by atoms with van der Waals surface area (Å²) in [6.45, 7) is 0.0617. The van der Waals surface area contributed by atoms with Crippen molar-refractivity contribution in [2.24, 2.45) is 0 Å². The Hall–Kier alpha value is -3.60. The summed E-state index contributed by atoms with van der Waals surface area (Å²) in [5.74, 6) is 0.711. The first-order valence-corrected chi connectivity index (χ1v) is 10.6. The van der Waals surface area contributed by atoms with E-state index in [1.165, 1.54) is 7.11 Å². The van der Waals surface area contributed by atoms with E-state index in [2.05, 4.69) is 15.7 Å². The zero-order valence-corrected chi connectivity index (χ0v) is 18.4. The van der Waals surface area contributed by atoms with Crippen LogP contribution in [0.4, 0.5) is 24.7 Å². The van der Waals surface area contributed by atoms with E-state index in [1.54, 1.807) is 42.5 Å². The number of hydrogen-bond acceptors (Lipinski definition) is 6. The molecule has 0 saturated carbocycles. The van der Waals surface area contributed by atoms with Crippen molar-refractivity contribution in [1.29, 1.82) is 0 Å². The highest BCUT2D eigenvalue weighted by atomic mass is 35.5. The summed E-state index contributed by atoms with van der Waals surface area (Å²) < 4.78 is 58.2. The van der Waals surface area contributed by atoms with Gasteiger partial charge in [-0.15, -0.1) is 0 Å². The second kappa shape index (κ2) is 8.32. The number of nitrogens with zero attached hydrogens (tertiary/aromatic N) is 2. The predicted molar refractivity (Wildman–Crippen MR) is 117 cm³/mol. The number of halogens is 4. The van der Waals surface area contributed by atoms with Gasteiger partial charge in [-0.05, 0) is 29.8 Å². The third-order valence-corrected chi connectivity index (χ3v) is 6.02. The lowest BCUT2D eigenvalue weighted by molar-refractivity contribution is -0.173. The molecule has 1 amide bonds. The molecular formula is C22H18ClF3N4O4. The Kier molecular flexibility index (Phi) is 5.43. The largest absolute Gasteiger partial charge is 0.497 e. The fourth-order valence-corrected chi connectivity index (χ4v) is 4.22. The highest BCUT2D eigenvalue weighted by molar-refractivity contribution is 6.36. The van der Waals surface area contributed by atoms with Crippen molar-refractivity contribution < 1.29 is 32.2 Å². The van der Waals surface area contributed by atoms with Crippen molar-refractivity contribution in [3.05, 3.63) is 58.7 Å². The monoisotopic (exact) mass is 494 g/mol. The zero-order chi connectivity index (χ0) is 24.0. The van der Waals surface area contributed by atoms with Crippen LogP contribution in [0.2, 0.25) is 5.02 Å². The lowest BCUT2D eigenvalue weighted by atomic mass is 9.97. The van der Waals surface area contributed by atoms with Gasteiger partial charge in [-0.1, -0.05) is 23.7 Å². The number of alkyl halides is 3. The molecule has 2 aliphatic heterocycles. The minimum Gasteiger partial charge on any atom is -0.497 e. The van der Waals surface area contributed by atoms with Crippen LogP contribution in [0.3, 0.4) is 0 Å². The lowest BCUT2D eigenvalue weighted by Crippen LogP contribution is -2.35. The molecule has 34 heavy (non-hydrogen) atoms. The predicted octanol–water partition coefficient (Wildman–Crippen LogP) is 5.19. The number of carbonyl (C=O) groups is 1. The standard InChI is InChI=1S/C22H18ClF3N4O4/c1-32-13-5-2-11(3-6-13)14-9-17(22(24,25)26)30-20(28-14)18(23)19(29-30)21(31)27-12-4-7-15-16(8-12)34-10-33-15/h2-8,14,17,28H,9-10H2,1H3,(H,27,31)/t14-,17+/m0/s1. The fourth-order valence-electron chi connectivity index (χ4n) is 3.95. The molecule has 5 rings (SSSR count). The van der Waals surface area contributed by atoms with Crippen molar-refractivity contribution >= 4 is 29.0 Å². The van der Waals surface area contributed by atoms with Crippen molar-refractivity contribution in [3.63, 3.8) is 0 Å². The molecule has 178 valence electrons. The van der Waals surface area contributed by atoms with Gasteiger partial charge in [0.1, 0.15) is 16.6 Å². The minimum absolute atomic E-state index is 0.0617. The first-order valence-electron chi connectivity index (χ1n) is 10.2. The third-order valence-electron chi connectivity index (χ3n) is 5.66. The van der Waals surface area contributed by atoms with Gasteiger partial charge in [-0.25, -0.2) is 4.68 Å². The molecule has 0 radical (unpaired) electrons. The number of aromatic nitrogens is 2. The van der Waals surface area contributed by atoms with E-state index in [9.17, 15) is 18.0 Å². The number of nitrogens with one attached hydrogen (secondary N) is 2. The minimum atomic E-state index is -4.61. The van der Waals surface area contributed by atoms with Gasteiger partial charge in [-0.2, -0.15) is 18.3 Å². The fraction of sp³-hybridized carbons (Fsp3) is 0.273. The Balaban J connectivity index is 1.46. The van der Waals surface area contributed by atoms with Crippen LogP contribution < -0.4 is 24.8 Å². The second-order valence-corrected chi connectivity index (χ2v) is 8.12. The van der Waals surface area contributed by atoms with Gasteiger partial charge >= 0.3 is 6.18 Å². The number of benzene rings is 2. The summed E-state index contributed by atoms with van der Waals surface area (Å²) in [7, 11) is 1.50. The molecule has 0 fully saturated rings. The van der Waals surface area contributed by atoms with Gasteiger partial charge < -0.3 is 24.8 Å². The molecule has 1 aromatic heterocycles. The maximum atomic E-state index is 14.0. The zero-order valence-electron chi connectivity index (χ0n) is 17.6. The number of hydrogen-bond donors (Lipinski definition) is 2. The maximum absolute atomic E-state index is 14.0. The lowest BCUT2D eigenvalue weighted by Gasteiger charge is -2.33. The summed E-state index contributed by atoms with van der Waals surface area (Å²) in [5.41, 5.74) is 0.643. The molecule has 2 atom stereocenters. The molecule has 0 bridgehead atoms. The van der Waals surface area contributed by atoms with Crippen LogP contribution in [0.1, 0.15) is 34.6 Å². The van der Waals surface area contributed by atoms with Crippen LogP contribution >= 0.6 is 11.6 Å². The van der Waals surface area contributed by atoms with E-state index < -0.39 is 24.2 Å². The van der Waals surface area contributed by atoms with Crippen molar-refractivity contribution in [2.75, 3.05) is 24.5 Å². The molecule has 3 aromatic rings. The van der Waals surface area contributed by atoms with Crippen molar-refractivity contribution in [2.45, 2.75) is 24.7 Å². The number of carbonyl (C=O) groups excluding carboxylic acids is 1. The highest BCUT2D eigenvalue weighted by Crippen LogP contribution is 2.46. The SMILES string of the molecule is COc1ccc([C@@H]2C[C@H](C(F)(F)F)n3nc(C(=O)Nc4ccc5c(c4)OCO5)c(Cl)c3N2)cc1. The van der Waals surface area contributed by atoms with Gasteiger partial charge in [0.15, 0.2) is 23.2 Å². The first-order chi connectivity index (χ1) is 16.2. The molecule has 0 unspecified atom stereocenters. The molecule has 8 nitrogen and oxygen atoms in total. The Labute approximate surface area is 196 Å². The second-order valence-electron chi connectivity index (χ2n) is 7.74. The smallest absolute Gasteiger partial charge is 0.410 e. The summed E-state index contributed by atoms with van der Waals surface area (Å²) in [5, 5.41) is 9.33. The molecule has 0 spiro atoms. The van der Waals surface area contributed by atoms with Crippen LogP contribution in [0.25, 0.3) is 0 Å². The molecule has 2 N–H and O–H groups in total. The van der Waals surface area contributed by atoms with Gasteiger partial charge in [0.2, 0.25) is 6.79 Å². The maximum Gasteiger partial charge on any atom is 0.410 e. The number of rotatable bonds is 4. The van der Waals surface area contributed by atoms with Gasteiger partial charge in [0.25, 0.3) is 5.91 Å². The number of amides is 1. The average Bonchev–Trinajstić information content (AvgIpc) is 3.42. The van der Waals surface area contributed by atoms with E-state index in [1.807, 2.05) is 0 Å². The highest BCUT2D eigenvalue weighted by Gasteiger charge is 2.47. The molecule has 0 aliphatic carbocycles. The van der Waals surface area contributed by atoms with E-state index in [4.69, 9.17) is 25.8 Å². The third kappa shape index (κ3) is 3.96. The molecular weight excluding hydrogens is 477 g/mol. The summed E-state index contributed by atoms with van der Waals surface area (Å²) in [4.78, 5) is 12.9. The Morgan fingerprint density at radius 2 is 1.94 bits per heavy atom. The first kappa shape index (κ1) is 22.2. The van der Waals surface area contributed by atoms with Crippen molar-refractivity contribution in [1.82, 2.24) is 9.78 Å². The van der Waals surface area contributed by atoms with Crippen LogP contribution in [-0.4, -0.2) is 35.8 Å². The molecule has 0 saturated heterocycles. The van der Waals surface area contributed by atoms with Crippen LogP contribution in [0.5, 0.6) is 17.2 Å². The molecule has 12 heteroatoms. The average molecular weight is 495 g/mol. The Bertz CT molecular complexity index is 1250. The number of fused-ring (bicyclic) bond motifs is 2. The van der Waals surface area contributed by atoms with E-state index in [-0.39, 0.29) is 29.7 Å². The number of anilines is 2.